The molecule has 2 aromatic rings. The topological polar surface area (TPSA) is 81.4 Å². The van der Waals surface area contributed by atoms with E-state index in [1.807, 2.05) is 54.6 Å². The van der Waals surface area contributed by atoms with E-state index in [-0.39, 0.29) is 11.8 Å². The predicted molar refractivity (Wildman–Crippen MR) is 94.8 cm³/mol. The van der Waals surface area contributed by atoms with E-state index in [0.29, 0.717) is 13.0 Å². The van der Waals surface area contributed by atoms with Gasteiger partial charge in [0.1, 0.15) is 18.4 Å². The maximum Gasteiger partial charge on any atom is 0.240 e. The molecule has 1 saturated carbocycles. The third-order valence-electron chi connectivity index (χ3n) is 4.19. The van der Waals surface area contributed by atoms with Crippen LogP contribution < -0.4 is 15.8 Å². The Morgan fingerprint density at radius 3 is 2.48 bits per heavy atom. The standard InChI is InChI=1S/C20H22N2O3/c21-19(23)18(22-20(24)16-9-10-16)12-15-7-4-8-17(11-15)25-13-14-5-2-1-3-6-14/h1-8,11,16,18H,9-10,12-13H2,(H2,21,23)(H,22,24)/t18-/m0/s1. The van der Waals surface area contributed by atoms with Gasteiger partial charge >= 0.3 is 0 Å². The smallest absolute Gasteiger partial charge is 0.240 e. The Hall–Kier alpha value is -2.82. The van der Waals surface area contributed by atoms with Crippen LogP contribution in [0.15, 0.2) is 54.6 Å². The SMILES string of the molecule is NC(=O)[C@H](Cc1cccc(OCc2ccccc2)c1)NC(=O)C1CC1. The summed E-state index contributed by atoms with van der Waals surface area (Å²) in [5, 5.41) is 2.75. The highest BCUT2D eigenvalue weighted by molar-refractivity contribution is 5.88. The summed E-state index contributed by atoms with van der Waals surface area (Å²) in [5.74, 6) is 0.158. The molecule has 0 radical (unpaired) electrons. The van der Waals surface area contributed by atoms with E-state index >= 15 is 0 Å². The molecular formula is C20H22N2O3. The van der Waals surface area contributed by atoms with Crippen molar-refractivity contribution >= 4 is 11.8 Å². The third kappa shape index (κ3) is 5.08. The fourth-order valence-electron chi connectivity index (χ4n) is 2.60. The number of carbonyl (C=O) groups is 2. The minimum Gasteiger partial charge on any atom is -0.489 e. The lowest BCUT2D eigenvalue weighted by Gasteiger charge is -2.16. The monoisotopic (exact) mass is 338 g/mol. The highest BCUT2D eigenvalue weighted by Crippen LogP contribution is 2.29. The molecule has 1 aliphatic carbocycles. The summed E-state index contributed by atoms with van der Waals surface area (Å²) in [6.45, 7) is 0.474. The van der Waals surface area contributed by atoms with Crippen LogP contribution in [0.2, 0.25) is 0 Å². The van der Waals surface area contributed by atoms with Gasteiger partial charge in [0.15, 0.2) is 0 Å². The van der Waals surface area contributed by atoms with Gasteiger partial charge in [0.05, 0.1) is 0 Å². The number of ether oxygens (including phenoxy) is 1. The fourth-order valence-corrected chi connectivity index (χ4v) is 2.60. The second-order valence-corrected chi connectivity index (χ2v) is 6.36. The molecule has 25 heavy (non-hydrogen) atoms. The van der Waals surface area contributed by atoms with E-state index in [9.17, 15) is 9.59 Å². The summed E-state index contributed by atoms with van der Waals surface area (Å²) < 4.78 is 5.80. The molecule has 1 aliphatic rings. The van der Waals surface area contributed by atoms with Crippen molar-refractivity contribution in [3.63, 3.8) is 0 Å². The number of rotatable bonds is 8. The van der Waals surface area contributed by atoms with E-state index in [1.54, 1.807) is 0 Å². The van der Waals surface area contributed by atoms with Crippen molar-refractivity contribution in [3.05, 3.63) is 65.7 Å². The Bertz CT molecular complexity index is 742. The predicted octanol–water partition coefficient (Wildman–Crippen LogP) is 2.19. The number of hydrogen-bond acceptors (Lipinski definition) is 3. The first-order valence-electron chi connectivity index (χ1n) is 8.47. The van der Waals surface area contributed by atoms with E-state index in [2.05, 4.69) is 5.32 Å². The van der Waals surface area contributed by atoms with Gasteiger partial charge in [-0.15, -0.1) is 0 Å². The number of primary amides is 1. The largest absolute Gasteiger partial charge is 0.489 e. The summed E-state index contributed by atoms with van der Waals surface area (Å²) in [5.41, 5.74) is 7.42. The maximum absolute atomic E-state index is 11.9. The van der Waals surface area contributed by atoms with Crippen molar-refractivity contribution < 1.29 is 14.3 Å². The first-order chi connectivity index (χ1) is 12.1. The van der Waals surface area contributed by atoms with Gasteiger partial charge in [-0.25, -0.2) is 0 Å². The molecule has 5 heteroatoms. The molecule has 0 unspecified atom stereocenters. The quantitative estimate of drug-likeness (QED) is 0.774. The Balaban J connectivity index is 1.61. The number of nitrogens with two attached hydrogens (primary N) is 1. The number of hydrogen-bond donors (Lipinski definition) is 2. The number of carbonyl (C=O) groups excluding carboxylic acids is 2. The fraction of sp³-hybridized carbons (Fsp3) is 0.300. The van der Waals surface area contributed by atoms with Gasteiger partial charge in [-0.05, 0) is 36.1 Å². The molecule has 0 aromatic heterocycles. The van der Waals surface area contributed by atoms with Crippen LogP contribution in [0.1, 0.15) is 24.0 Å². The molecule has 0 heterocycles. The van der Waals surface area contributed by atoms with E-state index < -0.39 is 11.9 Å². The first-order valence-corrected chi connectivity index (χ1v) is 8.47. The Kier molecular flexibility index (Phi) is 5.33. The van der Waals surface area contributed by atoms with Crippen molar-refractivity contribution in [1.29, 1.82) is 0 Å². The molecular weight excluding hydrogens is 316 g/mol. The number of benzene rings is 2. The molecule has 0 spiro atoms. The zero-order valence-electron chi connectivity index (χ0n) is 14.0. The van der Waals surface area contributed by atoms with Gasteiger partial charge in [0.2, 0.25) is 11.8 Å². The Morgan fingerprint density at radius 1 is 1.08 bits per heavy atom. The zero-order chi connectivity index (χ0) is 17.6. The molecule has 5 nitrogen and oxygen atoms in total. The molecule has 2 amide bonds. The van der Waals surface area contributed by atoms with E-state index in [1.165, 1.54) is 0 Å². The van der Waals surface area contributed by atoms with Gasteiger partial charge in [-0.1, -0.05) is 42.5 Å². The van der Waals surface area contributed by atoms with Crippen molar-refractivity contribution in [2.45, 2.75) is 31.9 Å². The lowest BCUT2D eigenvalue weighted by atomic mass is 10.0. The van der Waals surface area contributed by atoms with Crippen LogP contribution in [0.4, 0.5) is 0 Å². The van der Waals surface area contributed by atoms with Crippen LogP contribution in [-0.2, 0) is 22.6 Å². The maximum atomic E-state index is 11.9. The van der Waals surface area contributed by atoms with Crippen LogP contribution in [0, 0.1) is 5.92 Å². The number of nitrogens with one attached hydrogen (secondary N) is 1. The minimum absolute atomic E-state index is 0.0439. The molecule has 2 aromatic carbocycles. The third-order valence-corrected chi connectivity index (χ3v) is 4.19. The molecule has 3 rings (SSSR count). The van der Waals surface area contributed by atoms with Crippen LogP contribution in [0.25, 0.3) is 0 Å². The van der Waals surface area contributed by atoms with Crippen molar-refractivity contribution in [2.75, 3.05) is 0 Å². The van der Waals surface area contributed by atoms with E-state index in [4.69, 9.17) is 10.5 Å². The van der Waals surface area contributed by atoms with Gasteiger partial charge < -0.3 is 15.8 Å². The number of amides is 2. The van der Waals surface area contributed by atoms with Crippen LogP contribution in [0.3, 0.4) is 0 Å². The van der Waals surface area contributed by atoms with Crippen molar-refractivity contribution in [1.82, 2.24) is 5.32 Å². The average Bonchev–Trinajstić information content (AvgIpc) is 3.46. The Morgan fingerprint density at radius 2 is 1.80 bits per heavy atom. The Labute approximate surface area is 147 Å². The zero-order valence-corrected chi connectivity index (χ0v) is 14.0. The molecule has 0 bridgehead atoms. The van der Waals surface area contributed by atoms with Crippen LogP contribution in [-0.4, -0.2) is 17.9 Å². The van der Waals surface area contributed by atoms with E-state index in [0.717, 1.165) is 29.7 Å². The lowest BCUT2D eigenvalue weighted by molar-refractivity contribution is -0.128. The molecule has 1 fully saturated rings. The van der Waals surface area contributed by atoms with Crippen LogP contribution >= 0.6 is 0 Å². The lowest BCUT2D eigenvalue weighted by Crippen LogP contribution is -2.46. The second kappa shape index (κ2) is 7.83. The molecule has 0 aliphatic heterocycles. The molecule has 130 valence electrons. The van der Waals surface area contributed by atoms with Crippen molar-refractivity contribution in [2.24, 2.45) is 11.7 Å². The normalized spacial score (nSPS) is 14.6. The second-order valence-electron chi connectivity index (χ2n) is 6.36. The highest BCUT2D eigenvalue weighted by Gasteiger charge is 2.32. The summed E-state index contributed by atoms with van der Waals surface area (Å²) in [6, 6.07) is 16.7. The first kappa shape index (κ1) is 17.0. The van der Waals surface area contributed by atoms with Gasteiger partial charge in [0, 0.05) is 12.3 Å². The van der Waals surface area contributed by atoms with Gasteiger partial charge in [-0.3, -0.25) is 9.59 Å². The van der Waals surface area contributed by atoms with Crippen LogP contribution in [0.5, 0.6) is 5.75 Å². The summed E-state index contributed by atoms with van der Waals surface area (Å²) in [6.07, 6.45) is 2.14. The van der Waals surface area contributed by atoms with Gasteiger partial charge in [0.25, 0.3) is 0 Å². The summed E-state index contributed by atoms with van der Waals surface area (Å²) >= 11 is 0. The molecule has 0 saturated heterocycles. The molecule has 1 atom stereocenters. The molecule has 3 N–H and O–H groups in total. The average molecular weight is 338 g/mol. The van der Waals surface area contributed by atoms with Crippen molar-refractivity contribution in [3.8, 4) is 5.75 Å². The summed E-state index contributed by atoms with van der Waals surface area (Å²) in [7, 11) is 0. The minimum atomic E-state index is -0.697. The van der Waals surface area contributed by atoms with Gasteiger partial charge in [-0.2, -0.15) is 0 Å². The highest BCUT2D eigenvalue weighted by atomic mass is 16.5. The summed E-state index contributed by atoms with van der Waals surface area (Å²) in [4.78, 5) is 23.5.